The molecule has 2 aliphatic rings. The Kier molecular flexibility index (Phi) is 11.6. The van der Waals surface area contributed by atoms with Gasteiger partial charge >= 0.3 is 12.1 Å². The molecule has 47 heavy (non-hydrogen) atoms. The van der Waals surface area contributed by atoms with Crippen molar-refractivity contribution in [1.29, 1.82) is 0 Å². The molecule has 0 saturated carbocycles. The van der Waals surface area contributed by atoms with E-state index in [2.05, 4.69) is 16.0 Å². The topological polar surface area (TPSA) is 143 Å². The lowest BCUT2D eigenvalue weighted by Crippen LogP contribution is -2.59. The number of ether oxygens (including phenoxy) is 2. The summed E-state index contributed by atoms with van der Waals surface area (Å²) >= 11 is 0. The quantitative estimate of drug-likeness (QED) is 0.204. The smallest absolute Gasteiger partial charge is 0.408 e. The Hall–Kier alpha value is -4.85. The number of carbonyl (C=O) groups excluding carboxylic acids is 5. The highest BCUT2D eigenvalue weighted by Gasteiger charge is 2.48. The van der Waals surface area contributed by atoms with Gasteiger partial charge in [-0.3, -0.25) is 14.4 Å². The number of terminal acetylenes is 1. The first-order valence-electron chi connectivity index (χ1n) is 16.1. The van der Waals surface area contributed by atoms with Crippen LogP contribution >= 0.6 is 0 Å². The number of nitrogens with zero attached hydrogens (tertiary/aromatic N) is 1. The summed E-state index contributed by atoms with van der Waals surface area (Å²) in [6.07, 6.45) is 6.66. The van der Waals surface area contributed by atoms with Crippen LogP contribution < -0.4 is 16.0 Å². The Balaban J connectivity index is 1.58. The van der Waals surface area contributed by atoms with E-state index < -0.39 is 59.6 Å². The highest BCUT2D eigenvalue weighted by atomic mass is 16.6. The number of carbonyl (C=O) groups is 5. The standard InChI is InChI=1S/C36H44N4O7/c1-6-27(37-35(45)47-36(3,4)5)32(42)39-31-25(22-46-29(41)7-2)18-19-26-20-21-28(40(26)34(31)44)33(43)38-30(23-14-10-8-11-15-23)24-16-12-9-13-17-24/h2,8-17,25-28,30-31H,6,18-22H2,1,3-5H3,(H,37,45)(H,38,43)(H,39,42)/t25-,26+,27+,28+,31+/m1/s1. The molecule has 0 bridgehead atoms. The Bertz CT molecular complexity index is 1430. The second-order valence-electron chi connectivity index (χ2n) is 12.9. The molecule has 2 aromatic rings. The molecule has 2 aliphatic heterocycles. The van der Waals surface area contributed by atoms with Gasteiger partial charge in [-0.05, 0) is 64.0 Å². The maximum atomic E-state index is 14.4. The fourth-order valence-corrected chi connectivity index (χ4v) is 6.22. The van der Waals surface area contributed by atoms with Gasteiger partial charge < -0.3 is 30.3 Å². The van der Waals surface area contributed by atoms with Crippen LogP contribution in [0.15, 0.2) is 60.7 Å². The lowest BCUT2D eigenvalue weighted by molar-refractivity contribution is -0.145. The van der Waals surface area contributed by atoms with Crippen LogP contribution in [-0.4, -0.2) is 71.1 Å². The predicted molar refractivity (Wildman–Crippen MR) is 174 cm³/mol. The number of hydrogen-bond acceptors (Lipinski definition) is 7. The number of alkyl carbamates (subject to hydrolysis) is 1. The summed E-state index contributed by atoms with van der Waals surface area (Å²) in [5.74, 6) is -0.950. The number of fused-ring (bicyclic) bond motifs is 1. The Labute approximate surface area is 276 Å². The number of esters is 1. The van der Waals surface area contributed by atoms with E-state index >= 15 is 0 Å². The molecule has 2 saturated heterocycles. The number of nitrogens with one attached hydrogen (secondary N) is 3. The Morgan fingerprint density at radius 3 is 2.09 bits per heavy atom. The van der Waals surface area contributed by atoms with E-state index in [1.165, 1.54) is 0 Å². The molecule has 0 spiro atoms. The molecule has 0 aromatic heterocycles. The van der Waals surface area contributed by atoms with Crippen molar-refractivity contribution in [1.82, 2.24) is 20.9 Å². The van der Waals surface area contributed by atoms with Gasteiger partial charge in [-0.15, -0.1) is 6.42 Å². The van der Waals surface area contributed by atoms with Crippen LogP contribution in [0.3, 0.4) is 0 Å². The highest BCUT2D eigenvalue weighted by Crippen LogP contribution is 2.35. The molecule has 2 fully saturated rings. The lowest BCUT2D eigenvalue weighted by atomic mass is 9.93. The summed E-state index contributed by atoms with van der Waals surface area (Å²) in [5.41, 5.74) is 1.02. The van der Waals surface area contributed by atoms with E-state index in [0.717, 1.165) is 11.1 Å². The lowest BCUT2D eigenvalue weighted by Gasteiger charge is -2.33. The summed E-state index contributed by atoms with van der Waals surface area (Å²) in [7, 11) is 0. The number of amides is 4. The van der Waals surface area contributed by atoms with Gasteiger partial charge in [0.05, 0.1) is 12.6 Å². The number of hydrogen-bond donors (Lipinski definition) is 3. The van der Waals surface area contributed by atoms with Crippen LogP contribution in [-0.2, 0) is 28.7 Å². The molecule has 2 heterocycles. The van der Waals surface area contributed by atoms with Crippen molar-refractivity contribution in [2.75, 3.05) is 6.61 Å². The van der Waals surface area contributed by atoms with E-state index in [1.807, 2.05) is 66.6 Å². The average Bonchev–Trinajstić information content (AvgIpc) is 3.43. The number of benzene rings is 2. The van der Waals surface area contributed by atoms with Crippen LogP contribution in [0.4, 0.5) is 4.79 Å². The first kappa shape index (κ1) is 35.0. The van der Waals surface area contributed by atoms with Crippen molar-refractivity contribution in [3.05, 3.63) is 71.8 Å². The van der Waals surface area contributed by atoms with E-state index in [9.17, 15) is 24.0 Å². The Morgan fingerprint density at radius 1 is 0.936 bits per heavy atom. The minimum absolute atomic E-state index is 0.197. The van der Waals surface area contributed by atoms with Gasteiger partial charge in [0.25, 0.3) is 0 Å². The van der Waals surface area contributed by atoms with Gasteiger partial charge in [0.1, 0.15) is 23.7 Å². The maximum Gasteiger partial charge on any atom is 0.408 e. The number of rotatable bonds is 10. The van der Waals surface area contributed by atoms with E-state index in [-0.39, 0.29) is 25.0 Å². The first-order chi connectivity index (χ1) is 22.4. The molecule has 0 unspecified atom stereocenters. The zero-order valence-electron chi connectivity index (χ0n) is 27.4. The van der Waals surface area contributed by atoms with E-state index in [4.69, 9.17) is 15.9 Å². The fraction of sp³-hybridized carbons (Fsp3) is 0.472. The minimum Gasteiger partial charge on any atom is -0.456 e. The summed E-state index contributed by atoms with van der Waals surface area (Å²) < 4.78 is 10.5. The molecule has 250 valence electrons. The third-order valence-corrected chi connectivity index (χ3v) is 8.48. The Morgan fingerprint density at radius 2 is 1.53 bits per heavy atom. The molecule has 11 heteroatoms. The van der Waals surface area contributed by atoms with Crippen LogP contribution in [0.2, 0.25) is 0 Å². The minimum atomic E-state index is -1.14. The zero-order chi connectivity index (χ0) is 34.1. The summed E-state index contributed by atoms with van der Waals surface area (Å²) in [6, 6.07) is 15.6. The molecule has 11 nitrogen and oxygen atoms in total. The van der Waals surface area contributed by atoms with Crippen molar-refractivity contribution in [2.45, 2.75) is 95.6 Å². The molecule has 5 atom stereocenters. The third-order valence-electron chi connectivity index (χ3n) is 8.48. The first-order valence-corrected chi connectivity index (χ1v) is 16.1. The summed E-state index contributed by atoms with van der Waals surface area (Å²) in [5, 5.41) is 8.55. The average molecular weight is 645 g/mol. The van der Waals surface area contributed by atoms with E-state index in [1.54, 1.807) is 32.6 Å². The van der Waals surface area contributed by atoms with Crippen LogP contribution in [0, 0.1) is 18.3 Å². The fourth-order valence-electron chi connectivity index (χ4n) is 6.22. The van der Waals surface area contributed by atoms with Crippen molar-refractivity contribution >= 4 is 29.8 Å². The summed E-state index contributed by atoms with van der Waals surface area (Å²) in [4.78, 5) is 67.9. The van der Waals surface area contributed by atoms with Crippen LogP contribution in [0.1, 0.15) is 77.0 Å². The third kappa shape index (κ3) is 9.12. The predicted octanol–water partition coefficient (Wildman–Crippen LogP) is 3.63. The normalized spacial score (nSPS) is 21.4. The molecular formula is C36H44N4O7. The molecule has 4 rings (SSSR count). The van der Waals surface area contributed by atoms with Gasteiger partial charge in [-0.25, -0.2) is 9.59 Å². The molecule has 2 aromatic carbocycles. The maximum absolute atomic E-state index is 14.4. The van der Waals surface area contributed by atoms with Crippen molar-refractivity contribution in [3.63, 3.8) is 0 Å². The van der Waals surface area contributed by atoms with Gasteiger partial charge in [0, 0.05) is 17.9 Å². The van der Waals surface area contributed by atoms with Crippen molar-refractivity contribution in [3.8, 4) is 12.3 Å². The molecule has 0 radical (unpaired) electrons. The van der Waals surface area contributed by atoms with Crippen LogP contribution in [0.5, 0.6) is 0 Å². The van der Waals surface area contributed by atoms with Crippen molar-refractivity contribution < 1.29 is 33.4 Å². The van der Waals surface area contributed by atoms with Crippen molar-refractivity contribution in [2.24, 2.45) is 5.92 Å². The SMILES string of the molecule is C#CC(=O)OC[C@H]1CC[C@H]2CC[C@@H](C(=O)NC(c3ccccc3)c3ccccc3)N2C(=O)[C@H]1NC(=O)[C@H](CC)NC(=O)OC(C)(C)C. The van der Waals surface area contributed by atoms with E-state index in [0.29, 0.717) is 25.7 Å². The molecular weight excluding hydrogens is 600 g/mol. The second-order valence-corrected chi connectivity index (χ2v) is 12.9. The summed E-state index contributed by atoms with van der Waals surface area (Å²) in [6.45, 7) is 6.65. The van der Waals surface area contributed by atoms with Gasteiger partial charge in [-0.1, -0.05) is 67.6 Å². The second kappa shape index (κ2) is 15.6. The molecule has 4 amide bonds. The van der Waals surface area contributed by atoms with Crippen LogP contribution in [0.25, 0.3) is 0 Å². The van der Waals surface area contributed by atoms with Gasteiger partial charge in [0.15, 0.2) is 0 Å². The molecule has 3 N–H and O–H groups in total. The highest BCUT2D eigenvalue weighted by molar-refractivity contribution is 5.95. The monoisotopic (exact) mass is 644 g/mol. The van der Waals surface area contributed by atoms with Gasteiger partial charge in [-0.2, -0.15) is 0 Å². The molecule has 0 aliphatic carbocycles. The van der Waals surface area contributed by atoms with Gasteiger partial charge in [0.2, 0.25) is 17.7 Å². The largest absolute Gasteiger partial charge is 0.456 e. The zero-order valence-corrected chi connectivity index (χ0v) is 27.4.